The van der Waals surface area contributed by atoms with E-state index in [2.05, 4.69) is 5.32 Å². The fourth-order valence-corrected chi connectivity index (χ4v) is 3.34. The van der Waals surface area contributed by atoms with Gasteiger partial charge in [-0.2, -0.15) is 0 Å². The van der Waals surface area contributed by atoms with E-state index in [0.717, 1.165) is 25.7 Å². The number of nitrogens with one attached hydrogen (secondary N) is 1. The molecule has 1 aliphatic carbocycles. The van der Waals surface area contributed by atoms with Gasteiger partial charge in [0.1, 0.15) is 11.9 Å². The van der Waals surface area contributed by atoms with E-state index >= 15 is 0 Å². The third-order valence-electron chi connectivity index (χ3n) is 4.78. The first-order valence-corrected chi connectivity index (χ1v) is 8.38. The van der Waals surface area contributed by atoms with Crippen molar-refractivity contribution >= 4 is 11.8 Å². The van der Waals surface area contributed by atoms with Gasteiger partial charge in [0.15, 0.2) is 0 Å². The highest BCUT2D eigenvalue weighted by molar-refractivity contribution is 5.83. The van der Waals surface area contributed by atoms with Crippen LogP contribution in [0.5, 0.6) is 0 Å². The van der Waals surface area contributed by atoms with Crippen molar-refractivity contribution in [1.29, 1.82) is 0 Å². The van der Waals surface area contributed by atoms with Gasteiger partial charge in [0.2, 0.25) is 11.8 Å². The molecule has 1 aromatic rings. The van der Waals surface area contributed by atoms with Crippen LogP contribution in [-0.2, 0) is 9.59 Å². The largest absolute Gasteiger partial charge is 0.369 e. The van der Waals surface area contributed by atoms with Gasteiger partial charge in [-0.15, -0.1) is 0 Å². The Morgan fingerprint density at radius 2 is 1.88 bits per heavy atom. The smallest absolute Gasteiger partial charge is 0.242 e. The van der Waals surface area contributed by atoms with Gasteiger partial charge in [-0.25, -0.2) is 4.39 Å². The summed E-state index contributed by atoms with van der Waals surface area (Å²) in [6, 6.07) is 5.68. The zero-order chi connectivity index (χ0) is 17.7. The topological polar surface area (TPSA) is 75.4 Å². The van der Waals surface area contributed by atoms with Crippen molar-refractivity contribution in [3.05, 3.63) is 35.6 Å². The number of carbonyl (C=O) groups excluding carboxylic acids is 2. The predicted molar refractivity (Wildman–Crippen MR) is 90.5 cm³/mol. The number of rotatable bonds is 6. The number of halogens is 1. The van der Waals surface area contributed by atoms with E-state index in [1.54, 1.807) is 37.2 Å². The summed E-state index contributed by atoms with van der Waals surface area (Å²) in [5.74, 6) is -0.516. The Kier molecular flexibility index (Phi) is 6.31. The molecule has 1 aliphatic rings. The van der Waals surface area contributed by atoms with Crippen molar-refractivity contribution in [3.63, 3.8) is 0 Å². The van der Waals surface area contributed by atoms with E-state index in [0.29, 0.717) is 18.0 Å². The van der Waals surface area contributed by atoms with Crippen LogP contribution in [-0.4, -0.2) is 37.4 Å². The molecule has 0 spiro atoms. The zero-order valence-electron chi connectivity index (χ0n) is 14.3. The lowest BCUT2D eigenvalue weighted by Gasteiger charge is -2.29. The van der Waals surface area contributed by atoms with Gasteiger partial charge in [0.25, 0.3) is 0 Å². The minimum absolute atomic E-state index is 0.0371. The standard InChI is InChI=1S/C18H26FN3O2/c1-22(2)16(14-5-3-4-6-15(14)19)18(24)21-11-12-7-9-13(10-8-12)17(20)23/h3-6,12-13,16H,7-11H2,1-2H3,(H2,20,23)(H,21,24). The van der Waals surface area contributed by atoms with Crippen LogP contribution in [0, 0.1) is 17.7 Å². The van der Waals surface area contributed by atoms with Crippen LogP contribution in [0.3, 0.4) is 0 Å². The monoisotopic (exact) mass is 335 g/mol. The van der Waals surface area contributed by atoms with Gasteiger partial charge in [-0.3, -0.25) is 14.5 Å². The summed E-state index contributed by atoms with van der Waals surface area (Å²) in [5.41, 5.74) is 5.71. The summed E-state index contributed by atoms with van der Waals surface area (Å²) in [6.45, 7) is 0.545. The maximum atomic E-state index is 14.0. The second-order valence-electron chi connectivity index (χ2n) is 6.75. The summed E-state index contributed by atoms with van der Waals surface area (Å²) in [6.07, 6.45) is 3.31. The number of amides is 2. The average Bonchev–Trinajstić information content (AvgIpc) is 2.55. The summed E-state index contributed by atoms with van der Waals surface area (Å²) in [5, 5.41) is 2.94. The quantitative estimate of drug-likeness (QED) is 0.833. The molecule has 0 heterocycles. The van der Waals surface area contributed by atoms with Crippen molar-refractivity contribution in [3.8, 4) is 0 Å². The van der Waals surface area contributed by atoms with Crippen LogP contribution in [0.4, 0.5) is 4.39 Å². The number of hydrogen-bond acceptors (Lipinski definition) is 3. The number of benzene rings is 1. The normalized spacial score (nSPS) is 22.2. The number of nitrogens with zero attached hydrogens (tertiary/aromatic N) is 1. The summed E-state index contributed by atoms with van der Waals surface area (Å²) >= 11 is 0. The van der Waals surface area contributed by atoms with Gasteiger partial charge in [0, 0.05) is 18.0 Å². The SMILES string of the molecule is CN(C)C(C(=O)NCC1CCC(C(N)=O)CC1)c1ccccc1F. The molecular weight excluding hydrogens is 309 g/mol. The Labute approximate surface area is 142 Å². The maximum Gasteiger partial charge on any atom is 0.242 e. The highest BCUT2D eigenvalue weighted by Crippen LogP contribution is 2.28. The molecule has 1 unspecified atom stereocenters. The molecule has 1 atom stereocenters. The molecule has 24 heavy (non-hydrogen) atoms. The molecule has 0 aliphatic heterocycles. The lowest BCUT2D eigenvalue weighted by Crippen LogP contribution is -2.40. The van der Waals surface area contributed by atoms with E-state index < -0.39 is 6.04 Å². The van der Waals surface area contributed by atoms with Gasteiger partial charge < -0.3 is 11.1 Å². The molecule has 0 saturated heterocycles. The molecule has 3 N–H and O–H groups in total. The molecule has 1 saturated carbocycles. The van der Waals surface area contributed by atoms with E-state index in [1.165, 1.54) is 6.07 Å². The summed E-state index contributed by atoms with van der Waals surface area (Å²) in [4.78, 5) is 25.5. The lowest BCUT2D eigenvalue weighted by molar-refractivity contribution is -0.126. The van der Waals surface area contributed by atoms with Crippen molar-refractivity contribution in [1.82, 2.24) is 10.2 Å². The molecule has 2 rings (SSSR count). The van der Waals surface area contributed by atoms with Crippen molar-refractivity contribution in [2.24, 2.45) is 17.6 Å². The molecule has 0 bridgehead atoms. The second kappa shape index (κ2) is 8.24. The molecule has 0 radical (unpaired) electrons. The van der Waals surface area contributed by atoms with E-state index in [1.807, 2.05) is 0 Å². The zero-order valence-corrected chi connectivity index (χ0v) is 14.3. The Morgan fingerprint density at radius 3 is 2.42 bits per heavy atom. The van der Waals surface area contributed by atoms with Gasteiger partial charge in [-0.1, -0.05) is 18.2 Å². The molecule has 1 fully saturated rings. The van der Waals surface area contributed by atoms with Crippen molar-refractivity contribution in [2.75, 3.05) is 20.6 Å². The van der Waals surface area contributed by atoms with Crippen molar-refractivity contribution in [2.45, 2.75) is 31.7 Å². The van der Waals surface area contributed by atoms with Crippen LogP contribution in [0.2, 0.25) is 0 Å². The molecular formula is C18H26FN3O2. The van der Waals surface area contributed by atoms with E-state index in [-0.39, 0.29) is 23.5 Å². The average molecular weight is 335 g/mol. The Hall–Kier alpha value is -1.95. The Bertz CT molecular complexity index is 583. The van der Waals surface area contributed by atoms with Gasteiger partial charge in [-0.05, 0) is 51.8 Å². The van der Waals surface area contributed by atoms with E-state index in [4.69, 9.17) is 5.73 Å². The molecule has 2 amide bonds. The Morgan fingerprint density at radius 1 is 1.25 bits per heavy atom. The lowest BCUT2D eigenvalue weighted by atomic mass is 9.81. The highest BCUT2D eigenvalue weighted by Gasteiger charge is 2.28. The first kappa shape index (κ1) is 18.4. The first-order valence-electron chi connectivity index (χ1n) is 8.38. The number of nitrogens with two attached hydrogens (primary N) is 1. The fraction of sp³-hybridized carbons (Fsp3) is 0.556. The summed E-state index contributed by atoms with van der Waals surface area (Å²) < 4.78 is 14.0. The van der Waals surface area contributed by atoms with Crippen molar-refractivity contribution < 1.29 is 14.0 Å². The number of likely N-dealkylation sites (N-methyl/N-ethyl adjacent to an activating group) is 1. The highest BCUT2D eigenvalue weighted by atomic mass is 19.1. The molecule has 0 aromatic heterocycles. The molecule has 5 nitrogen and oxygen atoms in total. The Balaban J connectivity index is 1.93. The third kappa shape index (κ3) is 4.54. The van der Waals surface area contributed by atoms with E-state index in [9.17, 15) is 14.0 Å². The van der Waals surface area contributed by atoms with Crippen LogP contribution >= 0.6 is 0 Å². The summed E-state index contributed by atoms with van der Waals surface area (Å²) in [7, 11) is 3.52. The van der Waals surface area contributed by atoms with Crippen LogP contribution in [0.25, 0.3) is 0 Å². The first-order chi connectivity index (χ1) is 11.4. The fourth-order valence-electron chi connectivity index (χ4n) is 3.34. The van der Waals surface area contributed by atoms with Crippen LogP contribution in [0.15, 0.2) is 24.3 Å². The number of hydrogen-bond donors (Lipinski definition) is 2. The third-order valence-corrected chi connectivity index (χ3v) is 4.78. The number of primary amides is 1. The molecule has 6 heteroatoms. The maximum absolute atomic E-state index is 14.0. The second-order valence-corrected chi connectivity index (χ2v) is 6.75. The van der Waals surface area contributed by atoms with Crippen LogP contribution in [0.1, 0.15) is 37.3 Å². The molecule has 1 aromatic carbocycles. The number of carbonyl (C=O) groups is 2. The molecule has 132 valence electrons. The van der Waals surface area contributed by atoms with Gasteiger partial charge >= 0.3 is 0 Å². The van der Waals surface area contributed by atoms with Gasteiger partial charge in [0.05, 0.1) is 0 Å². The predicted octanol–water partition coefficient (Wildman–Crippen LogP) is 1.84. The van der Waals surface area contributed by atoms with Crippen LogP contribution < -0.4 is 11.1 Å². The minimum Gasteiger partial charge on any atom is -0.369 e. The minimum atomic E-state index is -0.659.